The minimum Gasteiger partial charge on any atom is -0.421 e. The van der Waals surface area contributed by atoms with Gasteiger partial charge in [-0.15, -0.1) is 10.2 Å². The van der Waals surface area contributed by atoms with Gasteiger partial charge in [-0.3, -0.25) is 9.59 Å². The van der Waals surface area contributed by atoms with E-state index in [0.717, 1.165) is 15.8 Å². The lowest BCUT2D eigenvalue weighted by atomic mass is 10.2. The number of fused-ring (bicyclic) bond motifs is 1. The van der Waals surface area contributed by atoms with Gasteiger partial charge in [0.2, 0.25) is 23.6 Å². The maximum absolute atomic E-state index is 12.3. The Labute approximate surface area is 176 Å². The molecule has 0 saturated carbocycles. The third kappa shape index (κ3) is 4.87. The normalized spacial score (nSPS) is 10.8. The van der Waals surface area contributed by atoms with Gasteiger partial charge in [0, 0.05) is 31.0 Å². The molecule has 0 atom stereocenters. The number of hydrogen-bond acceptors (Lipinski definition) is 7. The Hall–Kier alpha value is -3.59. The topological polar surface area (TPSA) is 110 Å². The molecule has 4 aromatic rings. The Morgan fingerprint density at radius 2 is 1.90 bits per heavy atom. The Morgan fingerprint density at radius 3 is 2.70 bits per heavy atom. The average molecular weight is 421 g/mol. The van der Waals surface area contributed by atoms with Gasteiger partial charge in [0.05, 0.1) is 10.2 Å². The van der Waals surface area contributed by atoms with E-state index in [1.807, 2.05) is 42.5 Å². The maximum Gasteiger partial charge on any atom is 0.247 e. The Bertz CT molecular complexity index is 1190. The second-order valence-electron chi connectivity index (χ2n) is 6.65. The highest BCUT2D eigenvalue weighted by Crippen LogP contribution is 2.28. The van der Waals surface area contributed by atoms with Crippen molar-refractivity contribution in [1.82, 2.24) is 15.2 Å². The van der Waals surface area contributed by atoms with Crippen molar-refractivity contribution in [2.75, 3.05) is 10.6 Å². The van der Waals surface area contributed by atoms with Crippen molar-refractivity contribution < 1.29 is 14.0 Å². The van der Waals surface area contributed by atoms with Gasteiger partial charge in [-0.05, 0) is 36.8 Å². The zero-order valence-corrected chi connectivity index (χ0v) is 17.0. The fraction of sp³-hybridized carbons (Fsp3) is 0.190. The van der Waals surface area contributed by atoms with E-state index < -0.39 is 0 Å². The van der Waals surface area contributed by atoms with Crippen LogP contribution in [0.5, 0.6) is 0 Å². The lowest BCUT2D eigenvalue weighted by Crippen LogP contribution is -2.11. The third-order valence-electron chi connectivity index (χ3n) is 4.24. The predicted octanol–water partition coefficient (Wildman–Crippen LogP) is 4.27. The van der Waals surface area contributed by atoms with Crippen LogP contribution in [0.3, 0.4) is 0 Å². The van der Waals surface area contributed by atoms with Crippen LogP contribution >= 0.6 is 11.3 Å². The first-order chi connectivity index (χ1) is 14.6. The van der Waals surface area contributed by atoms with Crippen molar-refractivity contribution >= 4 is 44.2 Å². The monoisotopic (exact) mass is 421 g/mol. The van der Waals surface area contributed by atoms with Gasteiger partial charge in [-0.1, -0.05) is 29.5 Å². The highest BCUT2D eigenvalue weighted by atomic mass is 32.1. The highest BCUT2D eigenvalue weighted by Gasteiger charge is 2.11. The number of aryl methyl sites for hydroxylation is 1. The first-order valence-electron chi connectivity index (χ1n) is 9.42. The second kappa shape index (κ2) is 8.83. The van der Waals surface area contributed by atoms with Crippen LogP contribution in [-0.4, -0.2) is 27.0 Å². The summed E-state index contributed by atoms with van der Waals surface area (Å²) in [5.74, 6) is 0.721. The molecule has 0 radical (unpaired) electrons. The van der Waals surface area contributed by atoms with E-state index >= 15 is 0 Å². The summed E-state index contributed by atoms with van der Waals surface area (Å²) in [5.41, 5.74) is 2.33. The largest absolute Gasteiger partial charge is 0.421 e. The summed E-state index contributed by atoms with van der Waals surface area (Å²) in [6.45, 7) is 1.46. The van der Waals surface area contributed by atoms with Gasteiger partial charge in [-0.25, -0.2) is 4.98 Å². The molecule has 0 aliphatic rings. The number of carbonyl (C=O) groups is 2. The van der Waals surface area contributed by atoms with E-state index in [1.54, 1.807) is 6.07 Å². The number of nitrogens with one attached hydrogen (secondary N) is 2. The molecule has 0 saturated heterocycles. The molecule has 2 aromatic carbocycles. The van der Waals surface area contributed by atoms with Crippen LogP contribution in [-0.2, 0) is 16.0 Å². The number of nitrogens with zero attached hydrogens (tertiary/aromatic N) is 3. The molecule has 2 N–H and O–H groups in total. The lowest BCUT2D eigenvalue weighted by molar-refractivity contribution is -0.116. The molecule has 2 amide bonds. The zero-order chi connectivity index (χ0) is 20.9. The van der Waals surface area contributed by atoms with Crippen molar-refractivity contribution in [3.8, 4) is 11.5 Å². The molecule has 0 spiro atoms. The smallest absolute Gasteiger partial charge is 0.247 e. The van der Waals surface area contributed by atoms with Crippen LogP contribution in [0.4, 0.5) is 10.8 Å². The quantitative estimate of drug-likeness (QED) is 0.461. The van der Waals surface area contributed by atoms with Crippen LogP contribution in [0, 0.1) is 0 Å². The summed E-state index contributed by atoms with van der Waals surface area (Å²) in [7, 11) is 0. The average Bonchev–Trinajstić information content (AvgIpc) is 3.34. The van der Waals surface area contributed by atoms with Crippen molar-refractivity contribution in [2.24, 2.45) is 0 Å². The number of rotatable bonds is 7. The number of thiazole rings is 1. The Balaban J connectivity index is 1.30. The maximum atomic E-state index is 12.3. The number of hydrogen-bond donors (Lipinski definition) is 2. The number of carbonyl (C=O) groups excluding carboxylic acids is 2. The van der Waals surface area contributed by atoms with Crippen LogP contribution in [0.15, 0.2) is 52.9 Å². The molecule has 0 aliphatic heterocycles. The van der Waals surface area contributed by atoms with Crippen molar-refractivity contribution in [1.29, 1.82) is 0 Å². The molecule has 4 rings (SSSR count). The van der Waals surface area contributed by atoms with Crippen LogP contribution in [0.1, 0.15) is 25.7 Å². The number of anilines is 2. The van der Waals surface area contributed by atoms with E-state index in [-0.39, 0.29) is 11.8 Å². The molecule has 0 unspecified atom stereocenters. The number of amides is 2. The summed E-state index contributed by atoms with van der Waals surface area (Å²) < 4.78 is 6.54. The summed E-state index contributed by atoms with van der Waals surface area (Å²) >= 11 is 1.36. The van der Waals surface area contributed by atoms with E-state index in [9.17, 15) is 9.59 Å². The minimum absolute atomic E-state index is 0.126. The molecule has 2 aromatic heterocycles. The SMILES string of the molecule is CC(=O)Nc1ccc2nc(NC(=O)CCCc3nnc(-c4ccccc4)o3)sc2c1. The van der Waals surface area contributed by atoms with Gasteiger partial charge < -0.3 is 15.1 Å². The van der Waals surface area contributed by atoms with E-state index in [4.69, 9.17) is 4.42 Å². The van der Waals surface area contributed by atoms with Gasteiger partial charge >= 0.3 is 0 Å². The fourth-order valence-corrected chi connectivity index (χ4v) is 3.81. The summed E-state index contributed by atoms with van der Waals surface area (Å²) in [6.07, 6.45) is 1.42. The van der Waals surface area contributed by atoms with Crippen molar-refractivity contribution in [3.63, 3.8) is 0 Å². The Kier molecular flexibility index (Phi) is 5.80. The molecule has 2 heterocycles. The molecule has 0 fully saturated rings. The molecule has 8 nitrogen and oxygen atoms in total. The van der Waals surface area contributed by atoms with Crippen LogP contribution < -0.4 is 10.6 Å². The predicted molar refractivity (Wildman–Crippen MR) is 115 cm³/mol. The Morgan fingerprint density at radius 1 is 1.07 bits per heavy atom. The minimum atomic E-state index is -0.135. The first-order valence-corrected chi connectivity index (χ1v) is 10.2. The van der Waals surface area contributed by atoms with Crippen LogP contribution in [0.25, 0.3) is 21.7 Å². The third-order valence-corrected chi connectivity index (χ3v) is 5.17. The van der Waals surface area contributed by atoms with Gasteiger partial charge in [0.15, 0.2) is 5.13 Å². The summed E-state index contributed by atoms with van der Waals surface area (Å²) in [4.78, 5) is 27.8. The van der Waals surface area contributed by atoms with Gasteiger partial charge in [0.1, 0.15) is 0 Å². The fourth-order valence-electron chi connectivity index (χ4n) is 2.89. The molecular weight excluding hydrogens is 402 g/mol. The highest BCUT2D eigenvalue weighted by molar-refractivity contribution is 7.22. The molecule has 0 aliphatic carbocycles. The first kappa shape index (κ1) is 19.7. The molecule has 152 valence electrons. The van der Waals surface area contributed by atoms with Crippen molar-refractivity contribution in [3.05, 3.63) is 54.4 Å². The standard InChI is InChI=1S/C21H19N5O3S/c1-13(27)22-15-10-11-16-17(12-15)30-21(23-16)24-18(28)8-5-9-19-25-26-20(29-19)14-6-3-2-4-7-14/h2-4,6-7,10-12H,5,8-9H2,1H3,(H,22,27)(H,23,24,28). The van der Waals surface area contributed by atoms with E-state index in [0.29, 0.717) is 41.9 Å². The summed E-state index contributed by atoms with van der Waals surface area (Å²) in [5, 5.41) is 14.2. The number of benzene rings is 2. The van der Waals surface area contributed by atoms with E-state index in [2.05, 4.69) is 25.8 Å². The zero-order valence-electron chi connectivity index (χ0n) is 16.2. The second-order valence-corrected chi connectivity index (χ2v) is 7.68. The van der Waals surface area contributed by atoms with Gasteiger partial charge in [0.25, 0.3) is 0 Å². The molecule has 9 heteroatoms. The number of aromatic nitrogens is 3. The molecule has 0 bridgehead atoms. The van der Waals surface area contributed by atoms with Crippen LogP contribution in [0.2, 0.25) is 0 Å². The van der Waals surface area contributed by atoms with E-state index in [1.165, 1.54) is 18.3 Å². The van der Waals surface area contributed by atoms with Crippen molar-refractivity contribution in [2.45, 2.75) is 26.2 Å². The van der Waals surface area contributed by atoms with Gasteiger partial charge in [-0.2, -0.15) is 0 Å². The molecular formula is C21H19N5O3S. The summed E-state index contributed by atoms with van der Waals surface area (Å²) in [6, 6.07) is 15.0. The molecule has 30 heavy (non-hydrogen) atoms. The lowest BCUT2D eigenvalue weighted by Gasteiger charge is -2.00.